The van der Waals surface area contributed by atoms with E-state index in [1.165, 1.54) is 24.5 Å². The monoisotopic (exact) mass is 403 g/mol. The number of anilines is 1. The van der Waals surface area contributed by atoms with Gasteiger partial charge in [0.05, 0.1) is 17.8 Å². The second-order valence-electron chi connectivity index (χ2n) is 5.16. The lowest BCUT2D eigenvalue weighted by Gasteiger charge is -2.08. The topological polar surface area (TPSA) is 63.2 Å². The lowest BCUT2D eigenvalue weighted by molar-refractivity contribution is 0.0977. The van der Waals surface area contributed by atoms with Gasteiger partial charge in [-0.05, 0) is 30.4 Å². The number of amides is 1. The van der Waals surface area contributed by atoms with Gasteiger partial charge in [-0.25, -0.2) is 4.98 Å². The molecule has 0 aliphatic carbocycles. The van der Waals surface area contributed by atoms with E-state index in [9.17, 15) is 4.79 Å². The summed E-state index contributed by atoms with van der Waals surface area (Å²) in [5.41, 5.74) is 2.23. The fourth-order valence-corrected chi connectivity index (χ4v) is 3.42. The standard InChI is InChI=1S/C18H14ClN3O2S2/c1-24-15-8-7-12(9-13(15)19)16(23)21-17(25)22-18-20-14(10-26-18)11-5-3-2-4-6-11/h2-10H,1H3,(H2,20,21,22,23,25). The van der Waals surface area contributed by atoms with Gasteiger partial charge in [0.2, 0.25) is 0 Å². The number of carbonyl (C=O) groups is 1. The molecule has 1 aromatic heterocycles. The molecule has 1 heterocycles. The summed E-state index contributed by atoms with van der Waals surface area (Å²) in [6.07, 6.45) is 0. The second-order valence-corrected chi connectivity index (χ2v) is 6.84. The van der Waals surface area contributed by atoms with Gasteiger partial charge in [0.15, 0.2) is 10.2 Å². The van der Waals surface area contributed by atoms with Crippen molar-refractivity contribution in [2.45, 2.75) is 0 Å². The number of thiazole rings is 1. The number of ether oxygens (including phenoxy) is 1. The Bertz CT molecular complexity index is 945. The number of nitrogens with zero attached hydrogens (tertiary/aromatic N) is 1. The molecule has 2 aromatic carbocycles. The van der Waals surface area contributed by atoms with Gasteiger partial charge in [-0.15, -0.1) is 11.3 Å². The number of hydrogen-bond acceptors (Lipinski definition) is 5. The molecule has 0 spiro atoms. The summed E-state index contributed by atoms with van der Waals surface area (Å²) in [5.74, 6) is 0.132. The first-order valence-corrected chi connectivity index (χ1v) is 9.20. The van der Waals surface area contributed by atoms with Crippen LogP contribution in [0.5, 0.6) is 5.75 Å². The normalized spacial score (nSPS) is 10.2. The van der Waals surface area contributed by atoms with E-state index in [2.05, 4.69) is 15.6 Å². The SMILES string of the molecule is COc1ccc(C(=O)NC(=S)Nc2nc(-c3ccccc3)cs2)cc1Cl. The molecule has 0 atom stereocenters. The molecule has 0 aliphatic heterocycles. The van der Waals surface area contributed by atoms with Crippen LogP contribution in [0.3, 0.4) is 0 Å². The number of methoxy groups -OCH3 is 1. The minimum atomic E-state index is -0.369. The highest BCUT2D eigenvalue weighted by atomic mass is 35.5. The fraction of sp³-hybridized carbons (Fsp3) is 0.0556. The average molecular weight is 404 g/mol. The molecule has 0 fully saturated rings. The molecule has 0 saturated heterocycles. The zero-order chi connectivity index (χ0) is 18.5. The predicted octanol–water partition coefficient (Wildman–Crippen LogP) is 4.60. The summed E-state index contributed by atoms with van der Waals surface area (Å²) in [6, 6.07) is 14.6. The number of aromatic nitrogens is 1. The third kappa shape index (κ3) is 4.37. The van der Waals surface area contributed by atoms with Crippen LogP contribution in [-0.4, -0.2) is 23.1 Å². The van der Waals surface area contributed by atoms with Gasteiger partial charge in [0.1, 0.15) is 5.75 Å². The molecule has 1 amide bonds. The van der Waals surface area contributed by atoms with Gasteiger partial charge >= 0.3 is 0 Å². The smallest absolute Gasteiger partial charge is 0.257 e. The molecule has 0 radical (unpaired) electrons. The average Bonchev–Trinajstić information content (AvgIpc) is 3.10. The number of halogens is 1. The molecule has 3 aromatic rings. The zero-order valence-electron chi connectivity index (χ0n) is 13.7. The van der Waals surface area contributed by atoms with Crippen molar-refractivity contribution in [3.05, 3.63) is 64.5 Å². The Labute approximate surface area is 165 Å². The van der Waals surface area contributed by atoms with Crippen molar-refractivity contribution in [1.82, 2.24) is 10.3 Å². The largest absolute Gasteiger partial charge is 0.495 e. The summed E-state index contributed by atoms with van der Waals surface area (Å²) in [5, 5.41) is 8.56. The molecule has 2 N–H and O–H groups in total. The van der Waals surface area contributed by atoms with Crippen LogP contribution < -0.4 is 15.4 Å². The summed E-state index contributed by atoms with van der Waals surface area (Å²) < 4.78 is 5.07. The summed E-state index contributed by atoms with van der Waals surface area (Å²) in [4.78, 5) is 16.7. The van der Waals surface area contributed by atoms with E-state index < -0.39 is 0 Å². The van der Waals surface area contributed by atoms with Gasteiger partial charge in [0, 0.05) is 16.5 Å². The van der Waals surface area contributed by atoms with Crippen LogP contribution in [0.4, 0.5) is 5.13 Å². The number of carbonyl (C=O) groups excluding carboxylic acids is 1. The maximum atomic E-state index is 12.3. The second kappa shape index (κ2) is 8.27. The first kappa shape index (κ1) is 18.3. The summed E-state index contributed by atoms with van der Waals surface area (Å²) >= 11 is 12.6. The van der Waals surface area contributed by atoms with Crippen molar-refractivity contribution in [3.8, 4) is 17.0 Å². The van der Waals surface area contributed by atoms with Gasteiger partial charge < -0.3 is 10.1 Å². The van der Waals surface area contributed by atoms with Gasteiger partial charge in [0.25, 0.3) is 5.91 Å². The molecule has 0 unspecified atom stereocenters. The minimum Gasteiger partial charge on any atom is -0.495 e. The molecule has 0 aliphatic rings. The lowest BCUT2D eigenvalue weighted by Crippen LogP contribution is -2.34. The molecular weight excluding hydrogens is 390 g/mol. The van der Waals surface area contributed by atoms with Crippen LogP contribution in [0.2, 0.25) is 5.02 Å². The van der Waals surface area contributed by atoms with E-state index >= 15 is 0 Å². The highest BCUT2D eigenvalue weighted by Crippen LogP contribution is 2.25. The predicted molar refractivity (Wildman–Crippen MR) is 109 cm³/mol. The maximum Gasteiger partial charge on any atom is 0.257 e. The quantitative estimate of drug-likeness (QED) is 0.623. The number of hydrogen-bond donors (Lipinski definition) is 2. The van der Waals surface area contributed by atoms with Crippen molar-refractivity contribution >= 4 is 51.3 Å². The van der Waals surface area contributed by atoms with Crippen molar-refractivity contribution in [2.24, 2.45) is 0 Å². The van der Waals surface area contributed by atoms with E-state index in [0.717, 1.165) is 11.3 Å². The van der Waals surface area contributed by atoms with Crippen molar-refractivity contribution in [1.29, 1.82) is 0 Å². The van der Waals surface area contributed by atoms with E-state index in [1.54, 1.807) is 12.1 Å². The Balaban J connectivity index is 1.63. The highest BCUT2D eigenvalue weighted by molar-refractivity contribution is 7.80. The van der Waals surface area contributed by atoms with Crippen molar-refractivity contribution in [3.63, 3.8) is 0 Å². The number of nitrogens with one attached hydrogen (secondary N) is 2. The Hall–Kier alpha value is -2.48. The Morgan fingerprint density at radius 2 is 2.00 bits per heavy atom. The first-order chi connectivity index (χ1) is 12.6. The molecule has 5 nitrogen and oxygen atoms in total. The van der Waals surface area contributed by atoms with Crippen LogP contribution in [0.25, 0.3) is 11.3 Å². The molecule has 3 rings (SSSR count). The Morgan fingerprint density at radius 3 is 2.69 bits per heavy atom. The Morgan fingerprint density at radius 1 is 1.23 bits per heavy atom. The fourth-order valence-electron chi connectivity index (χ4n) is 2.18. The highest BCUT2D eigenvalue weighted by Gasteiger charge is 2.12. The summed E-state index contributed by atoms with van der Waals surface area (Å²) in [7, 11) is 1.51. The van der Waals surface area contributed by atoms with Gasteiger partial charge in [-0.3, -0.25) is 10.1 Å². The number of benzene rings is 2. The molecule has 0 bridgehead atoms. The van der Waals surface area contributed by atoms with Crippen LogP contribution in [-0.2, 0) is 0 Å². The Kier molecular flexibility index (Phi) is 5.82. The molecule has 132 valence electrons. The first-order valence-electron chi connectivity index (χ1n) is 7.53. The van der Waals surface area contributed by atoms with Crippen LogP contribution in [0.1, 0.15) is 10.4 Å². The molecule has 8 heteroatoms. The minimum absolute atomic E-state index is 0.163. The third-order valence-electron chi connectivity index (χ3n) is 3.44. The maximum absolute atomic E-state index is 12.3. The number of rotatable bonds is 4. The van der Waals surface area contributed by atoms with Gasteiger partial charge in [-0.1, -0.05) is 41.9 Å². The summed E-state index contributed by atoms with van der Waals surface area (Å²) in [6.45, 7) is 0. The molecule has 0 saturated carbocycles. The van der Waals surface area contributed by atoms with E-state index in [0.29, 0.717) is 21.5 Å². The van der Waals surface area contributed by atoms with E-state index in [4.69, 9.17) is 28.6 Å². The van der Waals surface area contributed by atoms with Crippen LogP contribution in [0.15, 0.2) is 53.9 Å². The lowest BCUT2D eigenvalue weighted by atomic mass is 10.2. The van der Waals surface area contributed by atoms with Gasteiger partial charge in [-0.2, -0.15) is 0 Å². The van der Waals surface area contributed by atoms with Crippen LogP contribution in [0, 0.1) is 0 Å². The van der Waals surface area contributed by atoms with E-state index in [1.807, 2.05) is 35.7 Å². The molecular formula is C18H14ClN3O2S2. The van der Waals surface area contributed by atoms with E-state index in [-0.39, 0.29) is 11.0 Å². The third-order valence-corrected chi connectivity index (χ3v) is 4.69. The zero-order valence-corrected chi connectivity index (χ0v) is 16.0. The molecule has 26 heavy (non-hydrogen) atoms. The number of thiocarbonyl (C=S) groups is 1. The van der Waals surface area contributed by atoms with Crippen molar-refractivity contribution < 1.29 is 9.53 Å². The van der Waals surface area contributed by atoms with Crippen LogP contribution >= 0.6 is 35.2 Å². The van der Waals surface area contributed by atoms with Crippen molar-refractivity contribution in [2.75, 3.05) is 12.4 Å².